The van der Waals surface area contributed by atoms with Crippen LogP contribution < -0.4 is 4.74 Å². The number of aromatic nitrogens is 2. The lowest BCUT2D eigenvalue weighted by molar-refractivity contribution is -0.131. The first-order valence-corrected chi connectivity index (χ1v) is 8.00. The van der Waals surface area contributed by atoms with Crippen LogP contribution in [0.5, 0.6) is 5.75 Å². The van der Waals surface area contributed by atoms with Crippen LogP contribution in [0.1, 0.15) is 35.6 Å². The number of carbonyl (C=O) groups excluding carboxylic acids is 1. The van der Waals surface area contributed by atoms with Gasteiger partial charge in [0.1, 0.15) is 5.75 Å². The number of likely N-dealkylation sites (tertiary alicyclic amines) is 1. The summed E-state index contributed by atoms with van der Waals surface area (Å²) in [4.78, 5) is 14.7. The van der Waals surface area contributed by atoms with Crippen LogP contribution in [0.2, 0.25) is 0 Å². The second-order valence-corrected chi connectivity index (χ2v) is 6.17. The van der Waals surface area contributed by atoms with Crippen molar-refractivity contribution in [2.24, 2.45) is 7.05 Å². The Bertz CT molecular complexity index is 708. The highest BCUT2D eigenvalue weighted by Crippen LogP contribution is 2.34. The van der Waals surface area contributed by atoms with Crippen molar-refractivity contribution in [2.45, 2.75) is 32.2 Å². The summed E-state index contributed by atoms with van der Waals surface area (Å²) < 4.78 is 7.06. The average Bonchev–Trinajstić information content (AvgIpc) is 3.16. The molecule has 0 saturated carbocycles. The number of carbonyl (C=O) groups is 1. The fourth-order valence-corrected chi connectivity index (χ4v) is 3.36. The molecule has 122 valence electrons. The van der Waals surface area contributed by atoms with Crippen molar-refractivity contribution in [3.8, 4) is 5.75 Å². The van der Waals surface area contributed by atoms with Gasteiger partial charge in [-0.2, -0.15) is 5.10 Å². The van der Waals surface area contributed by atoms with Crippen molar-refractivity contribution in [1.29, 1.82) is 0 Å². The maximum absolute atomic E-state index is 12.7. The second kappa shape index (κ2) is 6.44. The third-order valence-electron chi connectivity index (χ3n) is 4.49. The number of hydrogen-bond donors (Lipinski definition) is 0. The van der Waals surface area contributed by atoms with Crippen LogP contribution in [0.25, 0.3) is 0 Å². The van der Waals surface area contributed by atoms with Gasteiger partial charge in [-0.25, -0.2) is 0 Å². The lowest BCUT2D eigenvalue weighted by Crippen LogP contribution is -2.31. The zero-order chi connectivity index (χ0) is 16.4. The van der Waals surface area contributed by atoms with Crippen molar-refractivity contribution >= 4 is 5.91 Å². The van der Waals surface area contributed by atoms with Gasteiger partial charge in [-0.05, 0) is 42.5 Å². The highest BCUT2D eigenvalue weighted by atomic mass is 16.5. The second-order valence-electron chi connectivity index (χ2n) is 6.17. The predicted molar refractivity (Wildman–Crippen MR) is 88.3 cm³/mol. The third-order valence-corrected chi connectivity index (χ3v) is 4.49. The van der Waals surface area contributed by atoms with E-state index in [1.54, 1.807) is 18.0 Å². The highest BCUT2D eigenvalue weighted by Gasteiger charge is 2.30. The SMILES string of the molecule is COc1ccc(C2CCCN2C(=O)Cc2cnn(C)c2)cc1C. The van der Waals surface area contributed by atoms with Gasteiger partial charge in [-0.1, -0.05) is 12.1 Å². The van der Waals surface area contributed by atoms with Gasteiger partial charge in [0.05, 0.1) is 25.8 Å². The summed E-state index contributed by atoms with van der Waals surface area (Å²) in [7, 11) is 3.55. The summed E-state index contributed by atoms with van der Waals surface area (Å²) in [6, 6.07) is 6.38. The van der Waals surface area contributed by atoms with Gasteiger partial charge in [0.2, 0.25) is 5.91 Å². The molecule has 0 N–H and O–H groups in total. The zero-order valence-corrected chi connectivity index (χ0v) is 14.0. The quantitative estimate of drug-likeness (QED) is 0.872. The summed E-state index contributed by atoms with van der Waals surface area (Å²) in [6.45, 7) is 2.87. The van der Waals surface area contributed by atoms with Crippen LogP contribution in [0, 0.1) is 6.92 Å². The van der Waals surface area contributed by atoms with E-state index >= 15 is 0 Å². The summed E-state index contributed by atoms with van der Waals surface area (Å²) in [6.07, 6.45) is 6.15. The standard InChI is InChI=1S/C18H23N3O2/c1-13-9-15(6-7-17(13)23-3)16-5-4-8-21(16)18(22)10-14-11-19-20(2)12-14/h6-7,9,11-12,16H,4-5,8,10H2,1-3H3. The molecule has 0 radical (unpaired) electrons. The fourth-order valence-electron chi connectivity index (χ4n) is 3.36. The van der Waals surface area contributed by atoms with Crippen LogP contribution in [-0.2, 0) is 18.3 Å². The fraction of sp³-hybridized carbons (Fsp3) is 0.444. The maximum Gasteiger partial charge on any atom is 0.227 e. The van der Waals surface area contributed by atoms with Gasteiger partial charge >= 0.3 is 0 Å². The molecule has 1 aliphatic rings. The number of rotatable bonds is 4. The monoisotopic (exact) mass is 313 g/mol. The Hall–Kier alpha value is -2.30. The largest absolute Gasteiger partial charge is 0.496 e. The molecular weight excluding hydrogens is 290 g/mol. The Morgan fingerprint density at radius 2 is 2.26 bits per heavy atom. The smallest absolute Gasteiger partial charge is 0.227 e. The summed E-state index contributed by atoms with van der Waals surface area (Å²) in [5, 5.41) is 4.14. The van der Waals surface area contributed by atoms with Crippen molar-refractivity contribution in [2.75, 3.05) is 13.7 Å². The van der Waals surface area contributed by atoms with Gasteiger partial charge in [-0.3, -0.25) is 9.48 Å². The van der Waals surface area contributed by atoms with Crippen LogP contribution in [0.3, 0.4) is 0 Å². The molecule has 0 aliphatic carbocycles. The molecule has 1 amide bonds. The molecule has 23 heavy (non-hydrogen) atoms. The molecular formula is C18H23N3O2. The van der Waals surface area contributed by atoms with Gasteiger partial charge < -0.3 is 9.64 Å². The minimum Gasteiger partial charge on any atom is -0.496 e. The first kappa shape index (κ1) is 15.6. The number of aryl methyl sites for hydroxylation is 2. The topological polar surface area (TPSA) is 47.4 Å². The molecule has 1 aromatic carbocycles. The Labute approximate surface area is 136 Å². The van der Waals surface area contributed by atoms with Gasteiger partial charge in [0.15, 0.2) is 0 Å². The van der Waals surface area contributed by atoms with Crippen LogP contribution in [-0.4, -0.2) is 34.2 Å². The Morgan fingerprint density at radius 1 is 1.43 bits per heavy atom. The number of ether oxygens (including phenoxy) is 1. The van der Waals surface area contributed by atoms with Crippen molar-refractivity contribution in [3.63, 3.8) is 0 Å². The number of methoxy groups -OCH3 is 1. The normalized spacial score (nSPS) is 17.5. The molecule has 5 nitrogen and oxygen atoms in total. The summed E-state index contributed by atoms with van der Waals surface area (Å²) in [5.74, 6) is 1.06. The molecule has 2 heterocycles. The van der Waals surface area contributed by atoms with Crippen molar-refractivity contribution < 1.29 is 9.53 Å². The first-order valence-electron chi connectivity index (χ1n) is 8.00. The van der Waals surface area contributed by atoms with E-state index in [1.807, 2.05) is 31.1 Å². The molecule has 5 heteroatoms. The molecule has 1 aromatic heterocycles. The van der Waals surface area contributed by atoms with E-state index in [0.29, 0.717) is 6.42 Å². The van der Waals surface area contributed by atoms with E-state index in [-0.39, 0.29) is 11.9 Å². The number of nitrogens with zero attached hydrogens (tertiary/aromatic N) is 3. The van der Waals surface area contributed by atoms with E-state index in [0.717, 1.165) is 36.3 Å². The minimum atomic E-state index is 0.170. The number of amides is 1. The van der Waals surface area contributed by atoms with Crippen molar-refractivity contribution in [1.82, 2.24) is 14.7 Å². The molecule has 1 saturated heterocycles. The molecule has 1 fully saturated rings. The Balaban J connectivity index is 1.77. The molecule has 3 rings (SSSR count). The molecule has 0 bridgehead atoms. The van der Waals surface area contributed by atoms with Crippen LogP contribution in [0.4, 0.5) is 0 Å². The van der Waals surface area contributed by atoms with E-state index < -0.39 is 0 Å². The van der Waals surface area contributed by atoms with Crippen molar-refractivity contribution in [3.05, 3.63) is 47.3 Å². The molecule has 1 atom stereocenters. The summed E-state index contributed by atoms with van der Waals surface area (Å²) in [5.41, 5.74) is 3.27. The number of benzene rings is 1. The van der Waals surface area contributed by atoms with Gasteiger partial charge in [0.25, 0.3) is 0 Å². The molecule has 2 aromatic rings. The number of hydrogen-bond acceptors (Lipinski definition) is 3. The average molecular weight is 313 g/mol. The maximum atomic E-state index is 12.7. The molecule has 0 spiro atoms. The lowest BCUT2D eigenvalue weighted by atomic mass is 10.0. The third kappa shape index (κ3) is 3.23. The van der Waals surface area contributed by atoms with Gasteiger partial charge in [-0.15, -0.1) is 0 Å². The summed E-state index contributed by atoms with van der Waals surface area (Å²) >= 11 is 0. The highest BCUT2D eigenvalue weighted by molar-refractivity contribution is 5.79. The zero-order valence-electron chi connectivity index (χ0n) is 14.0. The lowest BCUT2D eigenvalue weighted by Gasteiger charge is -2.25. The van der Waals surface area contributed by atoms with E-state index in [9.17, 15) is 4.79 Å². The van der Waals surface area contributed by atoms with E-state index in [2.05, 4.69) is 17.2 Å². The first-order chi connectivity index (χ1) is 11.1. The van der Waals surface area contributed by atoms with Gasteiger partial charge in [0, 0.05) is 19.8 Å². The molecule has 1 unspecified atom stereocenters. The van der Waals surface area contributed by atoms with Crippen LogP contribution >= 0.6 is 0 Å². The van der Waals surface area contributed by atoms with E-state index in [4.69, 9.17) is 4.74 Å². The predicted octanol–water partition coefficient (Wildman–Crippen LogP) is 2.64. The van der Waals surface area contributed by atoms with E-state index in [1.165, 1.54) is 5.56 Å². The van der Waals surface area contributed by atoms with Crippen LogP contribution in [0.15, 0.2) is 30.6 Å². The Morgan fingerprint density at radius 3 is 2.91 bits per heavy atom. The molecule has 1 aliphatic heterocycles. The Kier molecular flexibility index (Phi) is 4.37. The minimum absolute atomic E-state index is 0.170.